The zero-order valence-corrected chi connectivity index (χ0v) is 78.5. The van der Waals surface area contributed by atoms with Crippen LogP contribution < -0.4 is 31.9 Å². The third-order valence-corrected chi connectivity index (χ3v) is 26.4. The van der Waals surface area contributed by atoms with Gasteiger partial charge in [0.2, 0.25) is 35.4 Å². The minimum atomic E-state index is -3.21. The zero-order chi connectivity index (χ0) is 108. The van der Waals surface area contributed by atoms with Crippen molar-refractivity contribution in [3.63, 3.8) is 0 Å². The van der Waals surface area contributed by atoms with Crippen molar-refractivity contribution in [1.82, 2.24) is 31.9 Å². The molecule has 65 nitrogen and oxygen atoms in total. The Labute approximate surface area is 825 Å². The summed E-state index contributed by atoms with van der Waals surface area (Å²) in [4.78, 5) is 91.2. The van der Waals surface area contributed by atoms with Gasteiger partial charge in [0.1, 0.15) is 263 Å². The number of rotatable bonds is 40. The van der Waals surface area contributed by atoms with Gasteiger partial charge >= 0.3 is 5.97 Å². The van der Waals surface area contributed by atoms with Gasteiger partial charge in [0, 0.05) is 41.0 Å². The number of carboxylic acid groups (broad SMARTS) is 1. The number of carbonyl (C=O) groups is 7. The molecule has 0 spiro atoms. The third kappa shape index (κ3) is 27.1. The van der Waals surface area contributed by atoms with E-state index in [9.17, 15) is 192 Å². The Morgan fingerprint density at radius 1 is 0.308 bits per heavy atom. The average Bonchev–Trinajstić information content (AvgIpc) is 0.753. The number of carbonyl (C=O) groups excluding carboxylic acids is 6. The number of aliphatic hydroxyl groups is 30. The fraction of sp³-hybridized carbons (Fsp3) is 0.914. The number of amides is 6. The highest BCUT2D eigenvalue weighted by Gasteiger charge is 2.64. The summed E-state index contributed by atoms with van der Waals surface area (Å²) in [7, 11) is 0. The first-order valence-corrected chi connectivity index (χ1v) is 46.3. The SMILES string of the molecule is CC(=O)N[C@@H]1[C@@H](O)[C@H](O[C@@H]2O[C@H](CO)[C@@H](O[C@@H]3O[C@H](CO[C@H]4O[C@H](CO)[C@@H](O)[C@H](O)[C@@H]4O[C@@H]4O[C@H](CO)[C@@H](O)[C@H](O)[C@H]4NC(C)=O)[C@@H](O[C@@H]4O[C@H](CO)[C@@H](O)[C@H](O)[C@H]4NC(C)=O)[C@H](O[C@H]4O[C@H](CO)[C@@H](O)[C@H](O)[C@@H]4O[C@@H]4O[C@H](CO)[C@@H](O[C@@H]5O[C@H](CO[C@]6(C(=O)O)C[C@H](O)[C@@H](NC(=O)CO)[C@H]([C@H](O)[C@H](O)CO)O6)[C@H](O)[C@H](O)[C@H]5O)[C@H](O)[C@H]4NC(C)=O)[C@@H]3O)[C@H](O)[C@H]2NC(C)=O)[C@@H](CO[C@@H]2O[C@@H](C)[C@@H](O)[C@@H](O)[C@@H]2O)O[C@H]1O. The molecule has 0 unspecified atom stereocenters. The van der Waals surface area contributed by atoms with E-state index in [2.05, 4.69) is 31.9 Å². The van der Waals surface area contributed by atoms with E-state index < -0.39 is 464 Å². The summed E-state index contributed by atoms with van der Waals surface area (Å²) in [5.41, 5.74) is 0. The van der Waals surface area contributed by atoms with Crippen LogP contribution in [0.15, 0.2) is 0 Å². The van der Waals surface area contributed by atoms with E-state index in [1.165, 1.54) is 6.92 Å². The average molecular weight is 2140 g/mol. The van der Waals surface area contributed by atoms with Gasteiger partial charge in [-0.1, -0.05) is 0 Å². The van der Waals surface area contributed by atoms with Crippen molar-refractivity contribution in [2.45, 2.75) is 391 Å². The molecule has 11 fully saturated rings. The topological polar surface area (TPSA) is 1010 Å². The van der Waals surface area contributed by atoms with Crippen LogP contribution in [0.25, 0.3) is 0 Å². The molecule has 11 aliphatic rings. The Hall–Kier alpha value is -5.75. The summed E-state index contributed by atoms with van der Waals surface area (Å²) in [6.45, 7) is -8.01. The molecular weight excluding hydrogens is 2000 g/mol. The number of ether oxygens (including phenoxy) is 21. The standard InChI is InChI=1S/C81H134N6O59/c1-19-43(104)55(116)59(120)75(129-19)126-16-34-64(52(113)38(70(123)130-34)82-20(2)96)139-73-41(85-23(5)99)53(114)63(32(14-94)135-73)141-77-61(122)67(65(142-71-39(83-21(3)97)50(111)45(106)27(9-89)131-71)35(138-77)17-127-78-68(57(118)47(108)29(11-91)133-78)144-72-40(84-22(4)98)51(112)46(107)28(10-90)132-72)143-79-69(58(119)48(109)30(12-92)134-79)145-74-42(86-24(6)100)54(115)62(31(13-93)136-74)140-76-60(121)56(117)49(110)33(137-76)18-128-81(80(124)125)7-25(101)37(87-36(103)15-95)66(146-81)44(105)26(102)8-88/h19,25-35,37-79,88-95,101-102,104-123H,7-18H2,1-6H3,(H,82,96)(H,83,97)(H,84,98)(H,85,99)(H,86,100)(H,87,103)(H,124,125)/t19-,25-,26+,27+,28+,29+,30+,31+,32+,33+,34+,35+,37+,38+,39+,40+,41+,42+,43+,44+,45+,46+,47+,48+,49-,50+,51+,52+,53+,54+,55+,56-,57-,58-,59-,60+,61-,62+,63+,64+,65+,66+,67+,68-,69-,70+,71-,72-,73-,74-,75+,76-,77-,78-,79+,81+/m0/s1. The van der Waals surface area contributed by atoms with Crippen LogP contribution in [-0.2, 0) is 133 Å². The minimum absolute atomic E-state index is 0.820. The maximum Gasteiger partial charge on any atom is 0.364 e. The van der Waals surface area contributed by atoms with Crippen molar-refractivity contribution in [2.24, 2.45) is 0 Å². The second-order valence-corrected chi connectivity index (χ2v) is 36.8. The normalized spacial score (nSPS) is 47.0. The molecule has 56 atom stereocenters. The van der Waals surface area contributed by atoms with Crippen molar-refractivity contribution in [2.75, 3.05) is 72.7 Å². The molecule has 11 saturated heterocycles. The van der Waals surface area contributed by atoms with Gasteiger partial charge < -0.3 is 290 Å². The van der Waals surface area contributed by atoms with E-state index in [0.29, 0.717) is 0 Å². The lowest BCUT2D eigenvalue weighted by Crippen LogP contribution is -2.71. The van der Waals surface area contributed by atoms with Gasteiger partial charge in [-0.25, -0.2) is 4.79 Å². The molecule has 0 aromatic rings. The Morgan fingerprint density at radius 3 is 1.09 bits per heavy atom. The van der Waals surface area contributed by atoms with E-state index in [1.54, 1.807) is 0 Å². The van der Waals surface area contributed by atoms with E-state index in [-0.39, 0.29) is 0 Å². The van der Waals surface area contributed by atoms with Crippen LogP contribution in [0.4, 0.5) is 0 Å². The summed E-state index contributed by atoms with van der Waals surface area (Å²) < 4.78 is 128. The quantitative estimate of drug-likeness (QED) is 0.0271. The van der Waals surface area contributed by atoms with Gasteiger partial charge in [-0.15, -0.1) is 0 Å². The Balaban J connectivity index is 0.985. The highest BCUT2D eigenvalue weighted by atomic mass is 16.8. The van der Waals surface area contributed by atoms with Crippen molar-refractivity contribution in [3.8, 4) is 0 Å². The van der Waals surface area contributed by atoms with Crippen LogP contribution in [0.2, 0.25) is 0 Å². The summed E-state index contributed by atoms with van der Waals surface area (Å²) >= 11 is 0. The Kier molecular flexibility index (Phi) is 43.3. The van der Waals surface area contributed by atoms with Crippen molar-refractivity contribution in [1.29, 1.82) is 0 Å². The molecular formula is C81H134N6O59. The summed E-state index contributed by atoms with van der Waals surface area (Å²) in [5.74, 6) is -11.6. The van der Waals surface area contributed by atoms with E-state index in [0.717, 1.165) is 34.6 Å². The highest BCUT2D eigenvalue weighted by Crippen LogP contribution is 2.43. The molecule has 11 rings (SSSR count). The van der Waals surface area contributed by atoms with Crippen molar-refractivity contribution >= 4 is 41.4 Å². The fourth-order valence-corrected chi connectivity index (χ4v) is 18.7. The predicted molar refractivity (Wildman–Crippen MR) is 449 cm³/mol. The first kappa shape index (κ1) is 120. The lowest BCUT2D eigenvalue weighted by molar-refractivity contribution is -0.409. The molecule has 65 heteroatoms. The molecule has 0 aromatic carbocycles. The number of aliphatic hydroxyl groups excluding tert-OH is 30. The first-order valence-electron chi connectivity index (χ1n) is 46.3. The predicted octanol–water partition coefficient (Wildman–Crippen LogP) is -24.9. The van der Waals surface area contributed by atoms with Crippen LogP contribution in [0, 0.1) is 0 Å². The summed E-state index contributed by atoms with van der Waals surface area (Å²) in [6, 6.07) is -12.1. The maximum atomic E-state index is 13.5. The van der Waals surface area contributed by atoms with Gasteiger partial charge in [-0.05, 0) is 6.92 Å². The second kappa shape index (κ2) is 52.5. The molecule has 37 N–H and O–H groups in total. The molecule has 0 bridgehead atoms. The number of hydrogen-bond donors (Lipinski definition) is 37. The van der Waals surface area contributed by atoms with Gasteiger partial charge in [-0.2, -0.15) is 0 Å². The van der Waals surface area contributed by atoms with Gasteiger partial charge in [0.15, 0.2) is 62.9 Å². The van der Waals surface area contributed by atoms with E-state index in [4.69, 9.17) is 99.5 Å². The van der Waals surface area contributed by atoms with E-state index in [1.807, 2.05) is 0 Å². The number of nitrogens with one attached hydrogen (secondary N) is 6. The molecule has 11 aliphatic heterocycles. The van der Waals surface area contributed by atoms with Crippen molar-refractivity contribution in [3.05, 3.63) is 0 Å². The Morgan fingerprint density at radius 2 is 0.644 bits per heavy atom. The largest absolute Gasteiger partial charge is 0.477 e. The molecule has 842 valence electrons. The molecule has 146 heavy (non-hydrogen) atoms. The van der Waals surface area contributed by atoms with Gasteiger partial charge in [-0.3, -0.25) is 28.8 Å². The van der Waals surface area contributed by atoms with Crippen LogP contribution in [0.1, 0.15) is 48.0 Å². The third-order valence-electron chi connectivity index (χ3n) is 26.4. The summed E-state index contributed by atoms with van der Waals surface area (Å²) in [6.07, 6.45) is -111. The van der Waals surface area contributed by atoms with Crippen LogP contribution in [0.5, 0.6) is 0 Å². The van der Waals surface area contributed by atoms with Crippen LogP contribution in [0.3, 0.4) is 0 Å². The lowest BCUT2D eigenvalue weighted by Gasteiger charge is -2.52. The molecule has 11 heterocycles. The minimum Gasteiger partial charge on any atom is -0.477 e. The molecule has 6 amide bonds. The molecule has 0 aromatic heterocycles. The van der Waals surface area contributed by atoms with Gasteiger partial charge in [0.05, 0.1) is 84.3 Å². The fourth-order valence-electron chi connectivity index (χ4n) is 18.7. The zero-order valence-electron chi connectivity index (χ0n) is 78.5. The molecule has 0 radical (unpaired) electrons. The maximum absolute atomic E-state index is 13.5. The molecule has 0 aliphatic carbocycles. The number of aliphatic carboxylic acids is 1. The van der Waals surface area contributed by atoms with E-state index >= 15 is 0 Å². The smallest absolute Gasteiger partial charge is 0.364 e. The number of carboxylic acids is 1. The summed E-state index contributed by atoms with van der Waals surface area (Å²) in [5, 5.41) is 364. The van der Waals surface area contributed by atoms with Gasteiger partial charge in [0.25, 0.3) is 5.79 Å². The van der Waals surface area contributed by atoms with Crippen molar-refractivity contribution < 1.29 is 291 Å². The lowest BCUT2D eigenvalue weighted by atomic mass is 9.88. The Bertz CT molecular complexity index is 4170. The number of hydrogen-bond acceptors (Lipinski definition) is 58. The monoisotopic (exact) mass is 2130 g/mol. The second-order valence-electron chi connectivity index (χ2n) is 36.8. The highest BCUT2D eigenvalue weighted by molar-refractivity contribution is 5.78. The van der Waals surface area contributed by atoms with Crippen LogP contribution >= 0.6 is 0 Å². The first-order chi connectivity index (χ1) is 68.9. The molecule has 0 saturated carbocycles. The van der Waals surface area contributed by atoms with Crippen LogP contribution in [-0.4, -0.2) is 615 Å².